The van der Waals surface area contributed by atoms with Gasteiger partial charge in [0.15, 0.2) is 5.96 Å². The summed E-state index contributed by atoms with van der Waals surface area (Å²) < 4.78 is 12.1. The SMILES string of the molecule is CCN(Cc1ccccc1)C(=O)CNC(=NC)NC1CCCC(S(=O)CC)C1.I. The maximum atomic E-state index is 12.6. The maximum Gasteiger partial charge on any atom is 0.242 e. The monoisotopic (exact) mass is 534 g/mol. The van der Waals surface area contributed by atoms with E-state index in [1.807, 2.05) is 49.1 Å². The number of aliphatic imine (C=N–C) groups is 1. The molecule has 1 saturated carbocycles. The highest BCUT2D eigenvalue weighted by Gasteiger charge is 2.26. The second kappa shape index (κ2) is 14.0. The third-order valence-electron chi connectivity index (χ3n) is 5.20. The highest BCUT2D eigenvalue weighted by atomic mass is 127. The van der Waals surface area contributed by atoms with Gasteiger partial charge in [-0.3, -0.25) is 14.0 Å². The summed E-state index contributed by atoms with van der Waals surface area (Å²) in [6, 6.07) is 10.3. The summed E-state index contributed by atoms with van der Waals surface area (Å²) in [5.41, 5.74) is 1.12. The molecule has 3 unspecified atom stereocenters. The van der Waals surface area contributed by atoms with E-state index in [-0.39, 0.29) is 47.7 Å². The third kappa shape index (κ3) is 8.62. The molecule has 0 bridgehead atoms. The number of hydrogen-bond acceptors (Lipinski definition) is 3. The van der Waals surface area contributed by atoms with Crippen molar-refractivity contribution < 1.29 is 9.00 Å². The second-order valence-electron chi connectivity index (χ2n) is 7.12. The van der Waals surface area contributed by atoms with Crippen molar-refractivity contribution in [1.29, 1.82) is 0 Å². The molecule has 3 atom stereocenters. The van der Waals surface area contributed by atoms with Crippen molar-refractivity contribution in [2.75, 3.05) is 25.9 Å². The van der Waals surface area contributed by atoms with Crippen LogP contribution in [0.3, 0.4) is 0 Å². The van der Waals surface area contributed by atoms with E-state index in [0.29, 0.717) is 24.8 Å². The third-order valence-corrected chi connectivity index (χ3v) is 6.95. The van der Waals surface area contributed by atoms with Crippen LogP contribution in [0.25, 0.3) is 0 Å². The van der Waals surface area contributed by atoms with Crippen LogP contribution in [0.5, 0.6) is 0 Å². The Balaban J connectivity index is 0.00000420. The molecule has 1 fully saturated rings. The largest absolute Gasteiger partial charge is 0.354 e. The molecule has 0 radical (unpaired) electrons. The summed E-state index contributed by atoms with van der Waals surface area (Å²) in [5, 5.41) is 6.82. The molecular weight excluding hydrogens is 499 g/mol. The van der Waals surface area contributed by atoms with Gasteiger partial charge in [-0.2, -0.15) is 0 Å². The fourth-order valence-electron chi connectivity index (χ4n) is 3.59. The number of carbonyl (C=O) groups is 1. The number of hydrogen-bond donors (Lipinski definition) is 2. The molecule has 0 heterocycles. The molecule has 0 spiro atoms. The van der Waals surface area contributed by atoms with Crippen LogP contribution in [0.15, 0.2) is 35.3 Å². The lowest BCUT2D eigenvalue weighted by atomic mass is 9.95. The lowest BCUT2D eigenvalue weighted by molar-refractivity contribution is -0.130. The minimum Gasteiger partial charge on any atom is -0.354 e. The van der Waals surface area contributed by atoms with E-state index >= 15 is 0 Å². The minimum atomic E-state index is -0.750. The Hall–Kier alpha value is -1.16. The van der Waals surface area contributed by atoms with E-state index in [1.165, 1.54) is 0 Å². The highest BCUT2D eigenvalue weighted by molar-refractivity contribution is 14.0. The summed E-state index contributed by atoms with van der Waals surface area (Å²) >= 11 is 0. The Kier molecular flexibility index (Phi) is 12.4. The summed E-state index contributed by atoms with van der Waals surface area (Å²) in [6.45, 7) is 5.45. The summed E-state index contributed by atoms with van der Waals surface area (Å²) in [4.78, 5) is 18.7. The van der Waals surface area contributed by atoms with Crippen molar-refractivity contribution in [2.24, 2.45) is 4.99 Å². The van der Waals surface area contributed by atoms with Gasteiger partial charge in [-0.25, -0.2) is 0 Å². The predicted molar refractivity (Wildman–Crippen MR) is 132 cm³/mol. The van der Waals surface area contributed by atoms with Gasteiger partial charge in [0.2, 0.25) is 5.91 Å². The molecule has 0 aromatic heterocycles. The predicted octanol–water partition coefficient (Wildman–Crippen LogP) is 2.90. The first-order valence-corrected chi connectivity index (χ1v) is 11.6. The minimum absolute atomic E-state index is 0. The molecule has 8 heteroatoms. The number of likely N-dealkylation sites (N-methyl/N-ethyl adjacent to an activating group) is 1. The number of halogens is 1. The molecule has 164 valence electrons. The second-order valence-corrected chi connectivity index (χ2v) is 9.12. The van der Waals surface area contributed by atoms with Gasteiger partial charge in [0.05, 0.1) is 6.54 Å². The van der Waals surface area contributed by atoms with Gasteiger partial charge in [0, 0.05) is 48.0 Å². The normalized spacial score (nSPS) is 20.3. The molecule has 1 aliphatic carbocycles. The number of rotatable bonds is 8. The zero-order valence-corrected chi connectivity index (χ0v) is 20.9. The van der Waals surface area contributed by atoms with Crippen LogP contribution >= 0.6 is 24.0 Å². The first-order chi connectivity index (χ1) is 13.6. The Morgan fingerprint density at radius 3 is 2.59 bits per heavy atom. The van der Waals surface area contributed by atoms with Crippen LogP contribution in [0.1, 0.15) is 45.1 Å². The molecule has 1 amide bonds. The first kappa shape index (κ1) is 25.9. The lowest BCUT2D eigenvalue weighted by Gasteiger charge is -2.30. The average molecular weight is 535 g/mol. The van der Waals surface area contributed by atoms with Crippen molar-refractivity contribution >= 4 is 46.6 Å². The molecule has 1 aromatic carbocycles. The number of benzene rings is 1. The molecule has 6 nitrogen and oxygen atoms in total. The average Bonchev–Trinajstić information content (AvgIpc) is 2.74. The standard InChI is InChI=1S/C21H34N4O2S.HI/c1-4-25(16-17-10-7-6-8-11-17)20(26)15-23-21(22-3)24-18-12-9-13-19(14-18)28(27)5-2;/h6-8,10-11,18-19H,4-5,9,12-16H2,1-3H3,(H2,22,23,24);1H. The molecule has 0 aliphatic heterocycles. The highest BCUT2D eigenvalue weighted by Crippen LogP contribution is 2.22. The number of guanidine groups is 1. The zero-order valence-electron chi connectivity index (χ0n) is 17.7. The van der Waals surface area contributed by atoms with Crippen LogP contribution in [0, 0.1) is 0 Å². The number of nitrogens with one attached hydrogen (secondary N) is 2. The van der Waals surface area contributed by atoms with Gasteiger partial charge in [-0.15, -0.1) is 24.0 Å². The van der Waals surface area contributed by atoms with Gasteiger partial charge in [-0.05, 0) is 31.7 Å². The molecular formula is C21H35IN4O2S. The summed E-state index contributed by atoms with van der Waals surface area (Å²) in [5.74, 6) is 1.40. The Bertz CT molecular complexity index is 672. The fourth-order valence-corrected chi connectivity index (χ4v) is 4.94. The molecule has 1 aliphatic rings. The Morgan fingerprint density at radius 1 is 1.24 bits per heavy atom. The van der Waals surface area contributed by atoms with Crippen LogP contribution < -0.4 is 10.6 Å². The maximum absolute atomic E-state index is 12.6. The van der Waals surface area contributed by atoms with Gasteiger partial charge >= 0.3 is 0 Å². The molecule has 29 heavy (non-hydrogen) atoms. The molecule has 1 aromatic rings. The summed E-state index contributed by atoms with van der Waals surface area (Å²) in [7, 11) is 0.964. The van der Waals surface area contributed by atoms with Gasteiger partial charge in [-0.1, -0.05) is 43.7 Å². The van der Waals surface area contributed by atoms with Crippen LogP contribution in [0.4, 0.5) is 0 Å². The van der Waals surface area contributed by atoms with Crippen LogP contribution in [-0.4, -0.2) is 58.2 Å². The van der Waals surface area contributed by atoms with Gasteiger partial charge in [0.1, 0.15) is 0 Å². The Labute approximate surface area is 194 Å². The van der Waals surface area contributed by atoms with Crippen molar-refractivity contribution in [3.63, 3.8) is 0 Å². The van der Waals surface area contributed by atoms with Crippen molar-refractivity contribution in [3.05, 3.63) is 35.9 Å². The number of carbonyl (C=O) groups excluding carboxylic acids is 1. The van der Waals surface area contributed by atoms with E-state index in [0.717, 1.165) is 31.2 Å². The number of nitrogens with zero attached hydrogens (tertiary/aromatic N) is 2. The van der Waals surface area contributed by atoms with E-state index in [4.69, 9.17) is 0 Å². The van der Waals surface area contributed by atoms with Gasteiger partial charge < -0.3 is 15.5 Å². The topological polar surface area (TPSA) is 73.8 Å². The molecule has 2 N–H and O–H groups in total. The van der Waals surface area contributed by atoms with Crippen molar-refractivity contribution in [2.45, 2.75) is 57.4 Å². The number of amides is 1. The van der Waals surface area contributed by atoms with Crippen molar-refractivity contribution in [3.8, 4) is 0 Å². The smallest absolute Gasteiger partial charge is 0.242 e. The van der Waals surface area contributed by atoms with Gasteiger partial charge in [0.25, 0.3) is 0 Å². The van der Waals surface area contributed by atoms with Crippen LogP contribution in [-0.2, 0) is 22.1 Å². The molecule has 0 saturated heterocycles. The quantitative estimate of drug-likeness (QED) is 0.306. The first-order valence-electron chi connectivity index (χ1n) is 10.2. The van der Waals surface area contributed by atoms with E-state index in [1.54, 1.807) is 7.05 Å². The van der Waals surface area contributed by atoms with Crippen LogP contribution in [0.2, 0.25) is 0 Å². The fraction of sp³-hybridized carbons (Fsp3) is 0.619. The molecule has 2 rings (SSSR count). The van der Waals surface area contributed by atoms with E-state index < -0.39 is 10.8 Å². The lowest BCUT2D eigenvalue weighted by Crippen LogP contribution is -2.49. The zero-order chi connectivity index (χ0) is 20.4. The van der Waals surface area contributed by atoms with E-state index in [2.05, 4.69) is 15.6 Å². The van der Waals surface area contributed by atoms with Crippen molar-refractivity contribution in [1.82, 2.24) is 15.5 Å². The van der Waals surface area contributed by atoms with E-state index in [9.17, 15) is 9.00 Å². The summed E-state index contributed by atoms with van der Waals surface area (Å²) in [6.07, 6.45) is 4.05. The Morgan fingerprint density at radius 2 is 1.97 bits per heavy atom.